The van der Waals surface area contributed by atoms with E-state index >= 15 is 0 Å². The lowest BCUT2D eigenvalue weighted by Gasteiger charge is -2.17. The fourth-order valence-electron chi connectivity index (χ4n) is 2.35. The first kappa shape index (κ1) is 17.6. The van der Waals surface area contributed by atoms with Gasteiger partial charge in [-0.2, -0.15) is 5.10 Å². The first-order valence-corrected chi connectivity index (χ1v) is 8.68. The number of hydrogen-bond donors (Lipinski definition) is 2. The van der Waals surface area contributed by atoms with Crippen LogP contribution in [0.15, 0.2) is 54.3 Å². The lowest BCUT2D eigenvalue weighted by molar-refractivity contribution is -0.141. The largest absolute Gasteiger partial charge is 0.469 e. The summed E-state index contributed by atoms with van der Waals surface area (Å²) in [7, 11) is 1.32. The van der Waals surface area contributed by atoms with Crippen molar-refractivity contribution in [3.8, 4) is 5.82 Å². The van der Waals surface area contributed by atoms with Gasteiger partial charge in [0, 0.05) is 23.5 Å². The third-order valence-corrected chi connectivity index (χ3v) is 4.53. The van der Waals surface area contributed by atoms with Crippen molar-refractivity contribution in [2.75, 3.05) is 12.4 Å². The number of aromatic nitrogens is 3. The van der Waals surface area contributed by atoms with Crippen LogP contribution in [-0.4, -0.2) is 33.9 Å². The zero-order valence-corrected chi connectivity index (χ0v) is 14.8. The molecule has 0 aliphatic rings. The molecule has 8 nitrogen and oxygen atoms in total. The van der Waals surface area contributed by atoms with Gasteiger partial charge in [-0.3, -0.25) is 4.79 Å². The molecule has 0 aliphatic heterocycles. The van der Waals surface area contributed by atoms with Gasteiger partial charge >= 0.3 is 12.0 Å². The smallest absolute Gasteiger partial charge is 0.319 e. The van der Waals surface area contributed by atoms with Gasteiger partial charge in [0.2, 0.25) is 0 Å². The van der Waals surface area contributed by atoms with Crippen LogP contribution in [0.25, 0.3) is 5.82 Å². The minimum absolute atomic E-state index is 0.0451. The Morgan fingerprint density at radius 2 is 2.15 bits per heavy atom. The normalized spacial score (nSPS) is 11.6. The quantitative estimate of drug-likeness (QED) is 0.649. The van der Waals surface area contributed by atoms with E-state index in [1.54, 1.807) is 41.5 Å². The fraction of sp³-hybridized carbons (Fsp3) is 0.176. The molecule has 26 heavy (non-hydrogen) atoms. The molecule has 0 radical (unpaired) electrons. The van der Waals surface area contributed by atoms with Gasteiger partial charge in [-0.05, 0) is 29.6 Å². The third-order valence-electron chi connectivity index (χ3n) is 3.55. The number of carbonyl (C=O) groups excluding carboxylic acids is 2. The number of anilines is 1. The SMILES string of the molecule is COC(=O)C[C@@H](NC(=O)Nc1cccnc1-n1cccn1)c1cccs1. The molecule has 3 heterocycles. The van der Waals surface area contributed by atoms with Gasteiger partial charge in [0.05, 0.1) is 25.3 Å². The van der Waals surface area contributed by atoms with E-state index in [1.165, 1.54) is 18.4 Å². The Kier molecular flexibility index (Phi) is 5.59. The van der Waals surface area contributed by atoms with E-state index in [1.807, 2.05) is 17.5 Å². The Hall–Kier alpha value is -3.20. The summed E-state index contributed by atoms with van der Waals surface area (Å²) < 4.78 is 6.28. The predicted octanol–water partition coefficient (Wildman–Crippen LogP) is 2.75. The molecule has 0 fully saturated rings. The highest BCUT2D eigenvalue weighted by atomic mass is 32.1. The second-order valence-corrected chi connectivity index (χ2v) is 6.25. The van der Waals surface area contributed by atoms with Crippen LogP contribution in [-0.2, 0) is 9.53 Å². The van der Waals surface area contributed by atoms with Crippen LogP contribution in [0.1, 0.15) is 17.3 Å². The first-order valence-electron chi connectivity index (χ1n) is 7.80. The van der Waals surface area contributed by atoms with Crippen molar-refractivity contribution < 1.29 is 14.3 Å². The first-order chi connectivity index (χ1) is 12.7. The number of rotatable bonds is 6. The van der Waals surface area contributed by atoms with E-state index < -0.39 is 18.0 Å². The van der Waals surface area contributed by atoms with Crippen molar-refractivity contribution in [3.63, 3.8) is 0 Å². The summed E-state index contributed by atoms with van der Waals surface area (Å²) in [5.74, 6) is 0.0931. The van der Waals surface area contributed by atoms with Crippen molar-refractivity contribution >= 4 is 29.0 Å². The van der Waals surface area contributed by atoms with E-state index in [9.17, 15) is 9.59 Å². The van der Waals surface area contributed by atoms with E-state index in [0.717, 1.165) is 4.88 Å². The molecule has 0 aliphatic carbocycles. The molecule has 3 rings (SSSR count). The van der Waals surface area contributed by atoms with Crippen LogP contribution in [0.3, 0.4) is 0 Å². The van der Waals surface area contributed by atoms with Crippen LogP contribution >= 0.6 is 11.3 Å². The third kappa shape index (κ3) is 4.25. The number of nitrogens with one attached hydrogen (secondary N) is 2. The molecule has 1 atom stereocenters. The van der Waals surface area contributed by atoms with Crippen molar-refractivity contribution in [2.24, 2.45) is 0 Å². The molecular weight excluding hydrogens is 354 g/mol. The summed E-state index contributed by atoms with van der Waals surface area (Å²) >= 11 is 1.46. The van der Waals surface area contributed by atoms with Gasteiger partial charge in [0.25, 0.3) is 0 Å². The van der Waals surface area contributed by atoms with Crippen LogP contribution in [0, 0.1) is 0 Å². The number of ether oxygens (including phenoxy) is 1. The molecule has 3 aromatic rings. The highest BCUT2D eigenvalue weighted by Gasteiger charge is 2.20. The van der Waals surface area contributed by atoms with Crippen LogP contribution in [0.4, 0.5) is 10.5 Å². The van der Waals surface area contributed by atoms with E-state index in [2.05, 4.69) is 20.7 Å². The Bertz CT molecular complexity index is 864. The zero-order chi connectivity index (χ0) is 18.4. The Balaban J connectivity index is 1.74. The maximum Gasteiger partial charge on any atom is 0.319 e. The lowest BCUT2D eigenvalue weighted by Crippen LogP contribution is -2.34. The molecule has 0 bridgehead atoms. The second-order valence-electron chi connectivity index (χ2n) is 5.27. The molecule has 0 saturated heterocycles. The Labute approximate surface area is 153 Å². The molecule has 0 aromatic carbocycles. The molecule has 134 valence electrons. The van der Waals surface area contributed by atoms with E-state index in [4.69, 9.17) is 4.74 Å². The number of hydrogen-bond acceptors (Lipinski definition) is 6. The summed E-state index contributed by atoms with van der Waals surface area (Å²) in [5.41, 5.74) is 0.497. The van der Waals surface area contributed by atoms with Crippen molar-refractivity contribution in [2.45, 2.75) is 12.5 Å². The summed E-state index contributed by atoms with van der Waals surface area (Å²) in [5, 5.41) is 11.6. The summed E-state index contributed by atoms with van der Waals surface area (Å²) in [6, 6.07) is 8.00. The minimum atomic E-state index is -0.479. The minimum Gasteiger partial charge on any atom is -0.469 e. The molecule has 2 amide bonds. The number of urea groups is 1. The number of carbonyl (C=O) groups is 2. The average Bonchev–Trinajstić information content (AvgIpc) is 3.35. The zero-order valence-electron chi connectivity index (χ0n) is 14.0. The van der Waals surface area contributed by atoms with Crippen LogP contribution in [0.5, 0.6) is 0 Å². The van der Waals surface area contributed by atoms with Crippen LogP contribution < -0.4 is 10.6 Å². The van der Waals surface area contributed by atoms with Gasteiger partial charge in [0.1, 0.15) is 0 Å². The highest BCUT2D eigenvalue weighted by molar-refractivity contribution is 7.10. The topological polar surface area (TPSA) is 98.1 Å². The van der Waals surface area contributed by atoms with Crippen LogP contribution in [0.2, 0.25) is 0 Å². The lowest BCUT2D eigenvalue weighted by atomic mass is 10.2. The van der Waals surface area contributed by atoms with Crippen molar-refractivity contribution in [1.29, 1.82) is 0 Å². The number of thiophene rings is 1. The molecule has 0 saturated carbocycles. The maximum absolute atomic E-state index is 12.5. The fourth-order valence-corrected chi connectivity index (χ4v) is 3.13. The number of nitrogens with zero attached hydrogens (tertiary/aromatic N) is 3. The van der Waals surface area contributed by atoms with E-state index in [-0.39, 0.29) is 6.42 Å². The molecule has 3 aromatic heterocycles. The number of methoxy groups -OCH3 is 1. The van der Waals surface area contributed by atoms with Gasteiger partial charge in [-0.15, -0.1) is 11.3 Å². The van der Waals surface area contributed by atoms with Gasteiger partial charge in [0.15, 0.2) is 5.82 Å². The highest BCUT2D eigenvalue weighted by Crippen LogP contribution is 2.23. The number of pyridine rings is 1. The van der Waals surface area contributed by atoms with Gasteiger partial charge in [-0.25, -0.2) is 14.5 Å². The summed E-state index contributed by atoms with van der Waals surface area (Å²) in [6.45, 7) is 0. The number of esters is 1. The standard InChI is InChI=1S/C17H17N5O3S/c1-25-15(23)11-13(14-6-3-10-26-14)21-17(24)20-12-5-2-7-18-16(12)22-9-4-8-19-22/h2-10,13H,11H2,1H3,(H2,20,21,24)/t13-/m1/s1. The van der Waals surface area contributed by atoms with Gasteiger partial charge in [-0.1, -0.05) is 6.07 Å². The van der Waals surface area contributed by atoms with Crippen molar-refractivity contribution in [1.82, 2.24) is 20.1 Å². The monoisotopic (exact) mass is 371 g/mol. The molecular formula is C17H17N5O3S. The van der Waals surface area contributed by atoms with Crippen molar-refractivity contribution in [3.05, 3.63) is 59.2 Å². The molecule has 0 unspecified atom stereocenters. The maximum atomic E-state index is 12.5. The number of amides is 2. The Morgan fingerprint density at radius 3 is 2.85 bits per heavy atom. The molecule has 2 N–H and O–H groups in total. The van der Waals surface area contributed by atoms with E-state index in [0.29, 0.717) is 11.5 Å². The second kappa shape index (κ2) is 8.26. The molecule has 9 heteroatoms. The molecule has 0 spiro atoms. The predicted molar refractivity (Wildman–Crippen MR) is 97.2 cm³/mol. The summed E-state index contributed by atoms with van der Waals surface area (Å²) in [6.07, 6.45) is 5.02. The Morgan fingerprint density at radius 1 is 1.27 bits per heavy atom. The van der Waals surface area contributed by atoms with Gasteiger partial charge < -0.3 is 15.4 Å². The summed E-state index contributed by atoms with van der Waals surface area (Å²) in [4.78, 5) is 29.3. The average molecular weight is 371 g/mol.